The van der Waals surface area contributed by atoms with E-state index in [1.807, 2.05) is 18.2 Å². The molecular weight excluding hydrogens is 269 g/mol. The minimum atomic E-state index is 0.0239. The molecule has 0 spiro atoms. The Balaban J connectivity index is 2.24. The summed E-state index contributed by atoms with van der Waals surface area (Å²) in [6.45, 7) is 8.17. The topological polar surface area (TPSA) is 27.6 Å². The maximum atomic E-state index is 6.15. The zero-order valence-electron chi connectivity index (χ0n) is 10.8. The molecular formula is C13H17Cl2N3. The number of benzene rings is 1. The highest BCUT2D eigenvalue weighted by Crippen LogP contribution is 2.31. The minimum Gasteiger partial charge on any atom is -0.336 e. The second-order valence-electron chi connectivity index (χ2n) is 5.25. The van der Waals surface area contributed by atoms with E-state index < -0.39 is 0 Å². The zero-order chi connectivity index (χ0) is 13.3. The Kier molecular flexibility index (Phi) is 3.74. The molecule has 1 aliphatic rings. The molecule has 2 rings (SSSR count). The summed E-state index contributed by atoms with van der Waals surface area (Å²) in [6, 6.07) is 5.45. The van der Waals surface area contributed by atoms with Gasteiger partial charge in [-0.2, -0.15) is 0 Å². The molecule has 5 heteroatoms. The molecule has 0 amide bonds. The number of guanidine groups is 1. The molecule has 1 aromatic carbocycles. The number of nitrogens with zero attached hydrogens (tertiary/aromatic N) is 2. The second-order valence-corrected chi connectivity index (χ2v) is 6.06. The Morgan fingerprint density at radius 3 is 2.39 bits per heavy atom. The second kappa shape index (κ2) is 4.98. The Morgan fingerprint density at radius 2 is 1.83 bits per heavy atom. The van der Waals surface area contributed by atoms with E-state index in [0.29, 0.717) is 10.0 Å². The molecule has 0 atom stereocenters. The molecule has 0 unspecified atom stereocenters. The first-order chi connectivity index (χ1) is 8.39. The van der Waals surface area contributed by atoms with Crippen molar-refractivity contribution in [2.75, 3.05) is 18.4 Å². The van der Waals surface area contributed by atoms with Crippen molar-refractivity contribution in [3.05, 3.63) is 28.2 Å². The van der Waals surface area contributed by atoms with Crippen LogP contribution in [0.25, 0.3) is 0 Å². The van der Waals surface area contributed by atoms with Crippen molar-refractivity contribution in [3.63, 3.8) is 0 Å². The van der Waals surface area contributed by atoms with Crippen LogP contribution >= 0.6 is 23.2 Å². The summed E-state index contributed by atoms with van der Waals surface area (Å²) < 4.78 is 0. The number of para-hydroxylation sites is 1. The van der Waals surface area contributed by atoms with Gasteiger partial charge in [0.1, 0.15) is 0 Å². The molecule has 1 aliphatic heterocycles. The quantitative estimate of drug-likeness (QED) is 0.848. The number of hydrogen-bond donors (Lipinski definition) is 1. The highest BCUT2D eigenvalue weighted by atomic mass is 35.5. The lowest BCUT2D eigenvalue weighted by atomic mass is 10.1. The molecule has 1 heterocycles. The van der Waals surface area contributed by atoms with Gasteiger partial charge in [0.15, 0.2) is 5.96 Å². The lowest BCUT2D eigenvalue weighted by molar-refractivity contribution is 0.257. The van der Waals surface area contributed by atoms with E-state index in [9.17, 15) is 0 Å². The van der Waals surface area contributed by atoms with Gasteiger partial charge in [-0.3, -0.25) is 4.99 Å². The van der Waals surface area contributed by atoms with E-state index in [4.69, 9.17) is 23.2 Å². The Morgan fingerprint density at radius 1 is 1.22 bits per heavy atom. The normalized spacial score (nSPS) is 15.8. The molecule has 0 bridgehead atoms. The van der Waals surface area contributed by atoms with Crippen LogP contribution in [0.5, 0.6) is 0 Å². The number of anilines is 1. The van der Waals surface area contributed by atoms with E-state index >= 15 is 0 Å². The maximum Gasteiger partial charge on any atom is 0.199 e. The number of rotatable bonds is 1. The molecule has 18 heavy (non-hydrogen) atoms. The largest absolute Gasteiger partial charge is 0.336 e. The Labute approximate surface area is 118 Å². The molecule has 0 fully saturated rings. The third kappa shape index (κ3) is 2.73. The van der Waals surface area contributed by atoms with E-state index in [1.165, 1.54) is 0 Å². The van der Waals surface area contributed by atoms with Crippen molar-refractivity contribution < 1.29 is 0 Å². The number of aliphatic imine (C=N–C) groups is 1. The van der Waals surface area contributed by atoms with Crippen LogP contribution in [-0.4, -0.2) is 29.5 Å². The Hall–Kier alpha value is -0.930. The zero-order valence-corrected chi connectivity index (χ0v) is 12.3. The number of nitrogens with one attached hydrogen (secondary N) is 1. The van der Waals surface area contributed by atoms with Crippen molar-refractivity contribution >= 4 is 34.8 Å². The molecule has 0 radical (unpaired) electrons. The maximum absolute atomic E-state index is 6.15. The molecule has 0 saturated carbocycles. The summed E-state index contributed by atoms with van der Waals surface area (Å²) in [6.07, 6.45) is 0. The van der Waals surface area contributed by atoms with Gasteiger partial charge in [-0.1, -0.05) is 29.3 Å². The molecule has 0 aliphatic carbocycles. The molecule has 98 valence electrons. The standard InChI is InChI=1S/C13H17Cl2N3/c1-13(2,3)18-8-7-16-12(18)17-11-9(14)5-4-6-10(11)15/h4-6H,7-8H2,1-3H3,(H,16,17). The summed E-state index contributed by atoms with van der Waals surface area (Å²) in [7, 11) is 0. The van der Waals surface area contributed by atoms with Crippen LogP contribution in [0.2, 0.25) is 10.0 Å². The van der Waals surface area contributed by atoms with Gasteiger partial charge in [-0.25, -0.2) is 0 Å². The van der Waals surface area contributed by atoms with Gasteiger partial charge in [0.2, 0.25) is 0 Å². The SMILES string of the molecule is CC(C)(C)N1CCN=C1Nc1c(Cl)cccc1Cl. The highest BCUT2D eigenvalue weighted by molar-refractivity contribution is 6.39. The van der Waals surface area contributed by atoms with E-state index in [-0.39, 0.29) is 5.54 Å². The first kappa shape index (κ1) is 13.5. The first-order valence-electron chi connectivity index (χ1n) is 5.93. The average molecular weight is 286 g/mol. The molecule has 1 N–H and O–H groups in total. The predicted molar refractivity (Wildman–Crippen MR) is 78.8 cm³/mol. The average Bonchev–Trinajstić information content (AvgIpc) is 2.71. The molecule has 0 aromatic heterocycles. The number of halogens is 2. The smallest absolute Gasteiger partial charge is 0.199 e. The first-order valence-corrected chi connectivity index (χ1v) is 6.68. The van der Waals surface area contributed by atoms with Gasteiger partial charge in [-0.15, -0.1) is 0 Å². The lowest BCUT2D eigenvalue weighted by Crippen LogP contribution is -2.46. The van der Waals surface area contributed by atoms with Crippen molar-refractivity contribution in [1.82, 2.24) is 4.90 Å². The van der Waals surface area contributed by atoms with E-state index in [2.05, 4.69) is 36.0 Å². The van der Waals surface area contributed by atoms with Gasteiger partial charge >= 0.3 is 0 Å². The van der Waals surface area contributed by atoms with Gasteiger partial charge in [-0.05, 0) is 32.9 Å². The summed E-state index contributed by atoms with van der Waals surface area (Å²) in [4.78, 5) is 6.69. The van der Waals surface area contributed by atoms with Gasteiger partial charge in [0, 0.05) is 12.1 Å². The van der Waals surface area contributed by atoms with Crippen molar-refractivity contribution in [2.45, 2.75) is 26.3 Å². The highest BCUT2D eigenvalue weighted by Gasteiger charge is 2.28. The van der Waals surface area contributed by atoms with Gasteiger partial charge in [0.05, 0.1) is 22.3 Å². The van der Waals surface area contributed by atoms with Crippen LogP contribution in [0.3, 0.4) is 0 Å². The van der Waals surface area contributed by atoms with Crippen LogP contribution in [0.15, 0.2) is 23.2 Å². The fourth-order valence-electron chi connectivity index (χ4n) is 1.94. The fourth-order valence-corrected chi connectivity index (χ4v) is 2.43. The molecule has 1 aromatic rings. The summed E-state index contributed by atoms with van der Waals surface area (Å²) in [5, 5.41) is 4.45. The fraction of sp³-hybridized carbons (Fsp3) is 0.462. The minimum absolute atomic E-state index is 0.0239. The van der Waals surface area contributed by atoms with Crippen molar-refractivity contribution in [2.24, 2.45) is 4.99 Å². The lowest BCUT2D eigenvalue weighted by Gasteiger charge is -2.34. The Bertz CT molecular complexity index is 457. The summed E-state index contributed by atoms with van der Waals surface area (Å²) in [5.41, 5.74) is 0.742. The van der Waals surface area contributed by atoms with E-state index in [0.717, 1.165) is 24.7 Å². The van der Waals surface area contributed by atoms with Crippen LogP contribution in [0.1, 0.15) is 20.8 Å². The van der Waals surface area contributed by atoms with Crippen LogP contribution in [0.4, 0.5) is 5.69 Å². The summed E-state index contributed by atoms with van der Waals surface area (Å²) >= 11 is 12.3. The number of hydrogen-bond acceptors (Lipinski definition) is 3. The van der Waals surface area contributed by atoms with Crippen molar-refractivity contribution in [3.8, 4) is 0 Å². The monoisotopic (exact) mass is 285 g/mol. The van der Waals surface area contributed by atoms with Gasteiger partial charge < -0.3 is 10.2 Å². The third-order valence-corrected chi connectivity index (χ3v) is 3.48. The van der Waals surface area contributed by atoms with Gasteiger partial charge in [0.25, 0.3) is 0 Å². The van der Waals surface area contributed by atoms with Crippen LogP contribution in [-0.2, 0) is 0 Å². The van der Waals surface area contributed by atoms with Crippen LogP contribution < -0.4 is 5.32 Å². The van der Waals surface area contributed by atoms with Crippen LogP contribution in [0, 0.1) is 0 Å². The summed E-state index contributed by atoms with van der Waals surface area (Å²) in [5.74, 6) is 0.831. The van der Waals surface area contributed by atoms with Crippen molar-refractivity contribution in [1.29, 1.82) is 0 Å². The molecule has 0 saturated heterocycles. The third-order valence-electron chi connectivity index (χ3n) is 2.85. The van der Waals surface area contributed by atoms with E-state index in [1.54, 1.807) is 0 Å². The predicted octanol–water partition coefficient (Wildman–Crippen LogP) is 3.88. The molecule has 3 nitrogen and oxygen atoms in total.